The normalized spacial score (nSPS) is 18.4. The highest BCUT2D eigenvalue weighted by atomic mass is 16.5. The molecular formula is C18H29N3O2. The largest absolute Gasteiger partial charge is 0.379 e. The molecule has 1 amide bonds. The van der Waals surface area contributed by atoms with Gasteiger partial charge >= 0.3 is 0 Å². The van der Waals surface area contributed by atoms with Gasteiger partial charge in [0.1, 0.15) is 0 Å². The van der Waals surface area contributed by atoms with E-state index in [1.54, 1.807) is 0 Å². The van der Waals surface area contributed by atoms with Gasteiger partial charge in [-0.25, -0.2) is 0 Å². The number of nitrogens with two attached hydrogens (primary N) is 1. The molecule has 0 saturated carbocycles. The number of benzene rings is 1. The van der Waals surface area contributed by atoms with Crippen LogP contribution in [0.15, 0.2) is 24.3 Å². The molecule has 0 aromatic heterocycles. The minimum absolute atomic E-state index is 0.0581. The van der Waals surface area contributed by atoms with Gasteiger partial charge in [-0.15, -0.1) is 0 Å². The summed E-state index contributed by atoms with van der Waals surface area (Å²) >= 11 is 0. The number of carbonyl (C=O) groups is 1. The van der Waals surface area contributed by atoms with Gasteiger partial charge in [0.25, 0.3) is 0 Å². The van der Waals surface area contributed by atoms with Crippen LogP contribution >= 0.6 is 0 Å². The minimum atomic E-state index is -0.414. The lowest BCUT2D eigenvalue weighted by molar-refractivity contribution is -0.122. The van der Waals surface area contributed by atoms with E-state index in [2.05, 4.69) is 41.4 Å². The van der Waals surface area contributed by atoms with Crippen LogP contribution in [-0.4, -0.2) is 49.7 Å². The smallest absolute Gasteiger partial charge is 0.236 e. The highest BCUT2D eigenvalue weighted by Crippen LogP contribution is 2.21. The molecule has 5 nitrogen and oxygen atoms in total. The molecule has 1 aromatic carbocycles. The lowest BCUT2D eigenvalue weighted by atomic mass is 10.0. The number of aryl methyl sites for hydroxylation is 1. The van der Waals surface area contributed by atoms with Crippen molar-refractivity contribution in [2.45, 2.75) is 38.8 Å². The van der Waals surface area contributed by atoms with Crippen LogP contribution in [0, 0.1) is 6.92 Å². The van der Waals surface area contributed by atoms with Crippen LogP contribution in [0.2, 0.25) is 0 Å². The zero-order chi connectivity index (χ0) is 16.7. The van der Waals surface area contributed by atoms with Gasteiger partial charge in [0.15, 0.2) is 0 Å². The molecule has 1 fully saturated rings. The highest BCUT2D eigenvalue weighted by Gasteiger charge is 2.24. The number of carbonyl (C=O) groups excluding carboxylic acids is 1. The maximum Gasteiger partial charge on any atom is 0.236 e. The summed E-state index contributed by atoms with van der Waals surface area (Å²) in [7, 11) is 0. The van der Waals surface area contributed by atoms with Gasteiger partial charge in [-0.3, -0.25) is 9.69 Å². The predicted molar refractivity (Wildman–Crippen MR) is 92.2 cm³/mol. The van der Waals surface area contributed by atoms with Gasteiger partial charge in [0.2, 0.25) is 5.91 Å². The van der Waals surface area contributed by atoms with E-state index in [4.69, 9.17) is 10.5 Å². The minimum Gasteiger partial charge on any atom is -0.379 e. The molecule has 2 rings (SSSR count). The van der Waals surface area contributed by atoms with Gasteiger partial charge in [0, 0.05) is 19.6 Å². The van der Waals surface area contributed by atoms with Gasteiger partial charge in [0.05, 0.1) is 25.3 Å². The summed E-state index contributed by atoms with van der Waals surface area (Å²) in [6, 6.07) is 8.28. The quantitative estimate of drug-likeness (QED) is 0.801. The number of nitrogens with zero attached hydrogens (tertiary/aromatic N) is 1. The van der Waals surface area contributed by atoms with E-state index in [-0.39, 0.29) is 11.9 Å². The van der Waals surface area contributed by atoms with Crippen LogP contribution in [0.4, 0.5) is 0 Å². The first kappa shape index (κ1) is 17.9. The summed E-state index contributed by atoms with van der Waals surface area (Å²) in [6.45, 7) is 7.95. The number of ether oxygens (including phenoxy) is 1. The molecule has 2 atom stereocenters. The molecule has 5 heteroatoms. The Kier molecular flexibility index (Phi) is 7.02. The number of nitrogens with one attached hydrogen (secondary N) is 1. The Labute approximate surface area is 139 Å². The molecule has 3 N–H and O–H groups in total. The summed E-state index contributed by atoms with van der Waals surface area (Å²) in [5.41, 5.74) is 8.37. The van der Waals surface area contributed by atoms with E-state index in [0.29, 0.717) is 6.54 Å². The number of hydrogen-bond acceptors (Lipinski definition) is 4. The molecule has 0 radical (unpaired) electrons. The van der Waals surface area contributed by atoms with Gasteiger partial charge < -0.3 is 15.8 Å². The van der Waals surface area contributed by atoms with Crippen LogP contribution in [-0.2, 0) is 9.53 Å². The first-order valence-electron chi connectivity index (χ1n) is 8.53. The maximum atomic E-state index is 12.1. The van der Waals surface area contributed by atoms with E-state index >= 15 is 0 Å². The molecule has 1 aliphatic rings. The fourth-order valence-corrected chi connectivity index (χ4v) is 2.91. The fourth-order valence-electron chi connectivity index (χ4n) is 2.91. The number of rotatable bonds is 7. The molecule has 0 aliphatic carbocycles. The third-order valence-electron chi connectivity index (χ3n) is 4.35. The third kappa shape index (κ3) is 5.30. The number of morpholine rings is 1. The zero-order valence-electron chi connectivity index (χ0n) is 14.3. The molecule has 1 aliphatic heterocycles. The summed E-state index contributed by atoms with van der Waals surface area (Å²) in [5, 5.41) is 3.03. The second-order valence-corrected chi connectivity index (χ2v) is 6.22. The van der Waals surface area contributed by atoms with Crippen molar-refractivity contribution in [2.75, 3.05) is 32.8 Å². The van der Waals surface area contributed by atoms with E-state index < -0.39 is 6.04 Å². The Morgan fingerprint density at radius 3 is 2.57 bits per heavy atom. The first-order valence-corrected chi connectivity index (χ1v) is 8.53. The molecule has 23 heavy (non-hydrogen) atoms. The van der Waals surface area contributed by atoms with Crippen molar-refractivity contribution >= 4 is 5.91 Å². The Hall–Kier alpha value is -1.43. The van der Waals surface area contributed by atoms with E-state index in [1.807, 2.05) is 6.92 Å². The Morgan fingerprint density at radius 1 is 1.30 bits per heavy atom. The van der Waals surface area contributed by atoms with Crippen LogP contribution in [0.1, 0.15) is 36.9 Å². The second kappa shape index (κ2) is 9.01. The molecule has 0 spiro atoms. The zero-order valence-corrected chi connectivity index (χ0v) is 14.3. The van der Waals surface area contributed by atoms with Crippen molar-refractivity contribution in [3.05, 3.63) is 35.4 Å². The molecule has 1 saturated heterocycles. The van der Waals surface area contributed by atoms with Crippen LogP contribution in [0.3, 0.4) is 0 Å². The monoisotopic (exact) mass is 319 g/mol. The Morgan fingerprint density at radius 2 is 1.96 bits per heavy atom. The SMILES string of the molecule is CCCC(N)C(=O)NCC(c1ccc(C)cc1)N1CCOCC1. The van der Waals surface area contributed by atoms with E-state index in [1.165, 1.54) is 11.1 Å². The maximum absolute atomic E-state index is 12.1. The molecule has 1 heterocycles. The molecule has 0 bridgehead atoms. The van der Waals surface area contributed by atoms with Crippen molar-refractivity contribution < 1.29 is 9.53 Å². The van der Waals surface area contributed by atoms with E-state index in [0.717, 1.165) is 39.1 Å². The van der Waals surface area contributed by atoms with Crippen LogP contribution in [0.5, 0.6) is 0 Å². The summed E-state index contributed by atoms with van der Waals surface area (Å²) in [5.74, 6) is -0.0581. The number of hydrogen-bond donors (Lipinski definition) is 2. The summed E-state index contributed by atoms with van der Waals surface area (Å²) in [6.07, 6.45) is 1.64. The fraction of sp³-hybridized carbons (Fsp3) is 0.611. The van der Waals surface area contributed by atoms with E-state index in [9.17, 15) is 4.79 Å². The van der Waals surface area contributed by atoms with Gasteiger partial charge in [-0.1, -0.05) is 43.2 Å². The van der Waals surface area contributed by atoms with Gasteiger partial charge in [-0.2, -0.15) is 0 Å². The van der Waals surface area contributed by atoms with Crippen molar-refractivity contribution in [1.82, 2.24) is 10.2 Å². The van der Waals surface area contributed by atoms with Crippen LogP contribution < -0.4 is 11.1 Å². The topological polar surface area (TPSA) is 67.6 Å². The Bertz CT molecular complexity index is 484. The van der Waals surface area contributed by atoms with Crippen molar-refractivity contribution in [1.29, 1.82) is 0 Å². The lowest BCUT2D eigenvalue weighted by Gasteiger charge is -2.35. The lowest BCUT2D eigenvalue weighted by Crippen LogP contribution is -2.47. The van der Waals surface area contributed by atoms with Crippen molar-refractivity contribution in [2.24, 2.45) is 5.73 Å². The average molecular weight is 319 g/mol. The van der Waals surface area contributed by atoms with Crippen LogP contribution in [0.25, 0.3) is 0 Å². The highest BCUT2D eigenvalue weighted by molar-refractivity contribution is 5.81. The second-order valence-electron chi connectivity index (χ2n) is 6.22. The molecular weight excluding hydrogens is 290 g/mol. The van der Waals surface area contributed by atoms with Crippen molar-refractivity contribution in [3.8, 4) is 0 Å². The molecule has 1 aromatic rings. The van der Waals surface area contributed by atoms with Gasteiger partial charge in [-0.05, 0) is 18.9 Å². The average Bonchev–Trinajstić information content (AvgIpc) is 2.57. The van der Waals surface area contributed by atoms with Crippen molar-refractivity contribution in [3.63, 3.8) is 0 Å². The molecule has 2 unspecified atom stereocenters. The molecule has 128 valence electrons. The predicted octanol–water partition coefficient (Wildman–Crippen LogP) is 1.61. The number of amides is 1. The third-order valence-corrected chi connectivity index (χ3v) is 4.35. The summed E-state index contributed by atoms with van der Waals surface area (Å²) in [4.78, 5) is 14.5. The standard InChI is InChI=1S/C18H29N3O2/c1-3-4-16(19)18(22)20-13-17(21-9-11-23-12-10-21)15-7-5-14(2)6-8-15/h5-8,16-17H,3-4,9-13,19H2,1-2H3,(H,20,22). The summed E-state index contributed by atoms with van der Waals surface area (Å²) < 4.78 is 5.45. The Balaban J connectivity index is 2.04. The first-order chi connectivity index (χ1) is 11.1.